The smallest absolute Gasteiger partial charge is 0.242 e. The Morgan fingerprint density at radius 1 is 1.36 bits per heavy atom. The van der Waals surface area contributed by atoms with Crippen molar-refractivity contribution in [3.8, 4) is 11.5 Å². The van der Waals surface area contributed by atoms with Crippen LogP contribution in [0.4, 0.5) is 0 Å². The van der Waals surface area contributed by atoms with Crippen molar-refractivity contribution in [1.82, 2.24) is 0 Å². The maximum absolute atomic E-state index is 5.71. The van der Waals surface area contributed by atoms with Crippen molar-refractivity contribution < 1.29 is 14.2 Å². The molecule has 0 N–H and O–H groups in total. The molecule has 0 spiro atoms. The highest BCUT2D eigenvalue weighted by Crippen LogP contribution is 2.34. The van der Waals surface area contributed by atoms with Crippen molar-refractivity contribution in [2.24, 2.45) is 0 Å². The van der Waals surface area contributed by atoms with Gasteiger partial charge in [-0.1, -0.05) is 12.1 Å². The molecule has 0 bridgehead atoms. The minimum Gasteiger partial charge on any atom is -0.483 e. The van der Waals surface area contributed by atoms with Gasteiger partial charge in [0, 0.05) is 13.5 Å². The van der Waals surface area contributed by atoms with Crippen molar-refractivity contribution in [2.45, 2.75) is 19.6 Å². The molecule has 3 nitrogen and oxygen atoms in total. The minimum absolute atomic E-state index is 0.428. The lowest BCUT2D eigenvalue weighted by Crippen LogP contribution is -2.44. The first kappa shape index (κ1) is 9.34. The van der Waals surface area contributed by atoms with Gasteiger partial charge < -0.3 is 14.2 Å². The summed E-state index contributed by atoms with van der Waals surface area (Å²) in [5.74, 6) is 0.878. The standard InChI is InChI=1S/C11H14O3/c1-3-13-11(2)8-12-9-6-4-5-7-10(9)14-11/h4-7H,3,8H2,1-2H3. The van der Waals surface area contributed by atoms with Crippen LogP contribution in [0.25, 0.3) is 0 Å². The van der Waals surface area contributed by atoms with E-state index in [9.17, 15) is 0 Å². The monoisotopic (exact) mass is 194 g/mol. The zero-order valence-corrected chi connectivity index (χ0v) is 8.45. The van der Waals surface area contributed by atoms with Crippen molar-refractivity contribution >= 4 is 0 Å². The fraction of sp³-hybridized carbons (Fsp3) is 0.455. The van der Waals surface area contributed by atoms with Crippen LogP contribution in [0.2, 0.25) is 0 Å². The van der Waals surface area contributed by atoms with Gasteiger partial charge in [-0.15, -0.1) is 0 Å². The summed E-state index contributed by atoms with van der Waals surface area (Å²) in [5, 5.41) is 0. The van der Waals surface area contributed by atoms with Crippen LogP contribution in [-0.2, 0) is 4.74 Å². The summed E-state index contributed by atoms with van der Waals surface area (Å²) in [6, 6.07) is 7.61. The maximum Gasteiger partial charge on any atom is 0.242 e. The van der Waals surface area contributed by atoms with Crippen molar-refractivity contribution in [3.63, 3.8) is 0 Å². The highest BCUT2D eigenvalue weighted by Gasteiger charge is 2.33. The Balaban J connectivity index is 2.20. The number of benzene rings is 1. The van der Waals surface area contributed by atoms with Crippen LogP contribution >= 0.6 is 0 Å². The minimum atomic E-state index is -0.650. The Hall–Kier alpha value is -1.22. The SMILES string of the molecule is CCOC1(C)COc2ccccc2O1. The van der Waals surface area contributed by atoms with Crippen molar-refractivity contribution in [3.05, 3.63) is 24.3 Å². The molecule has 1 aliphatic rings. The van der Waals surface area contributed by atoms with E-state index in [1.165, 1.54) is 0 Å². The lowest BCUT2D eigenvalue weighted by Gasteiger charge is -2.34. The Bertz CT molecular complexity index is 324. The molecule has 14 heavy (non-hydrogen) atoms. The Morgan fingerprint density at radius 2 is 2.07 bits per heavy atom. The molecule has 76 valence electrons. The summed E-state index contributed by atoms with van der Waals surface area (Å²) in [4.78, 5) is 0. The first-order valence-corrected chi connectivity index (χ1v) is 4.78. The molecular weight excluding hydrogens is 180 g/mol. The van der Waals surface area contributed by atoms with Crippen LogP contribution in [0.15, 0.2) is 24.3 Å². The van der Waals surface area contributed by atoms with Crippen LogP contribution < -0.4 is 9.47 Å². The summed E-state index contributed by atoms with van der Waals surface area (Å²) < 4.78 is 16.7. The molecule has 0 fully saturated rings. The summed E-state index contributed by atoms with van der Waals surface area (Å²) >= 11 is 0. The Kier molecular flexibility index (Phi) is 2.33. The van der Waals surface area contributed by atoms with E-state index in [0.29, 0.717) is 13.2 Å². The molecular formula is C11H14O3. The van der Waals surface area contributed by atoms with Crippen LogP contribution in [0.1, 0.15) is 13.8 Å². The number of hydrogen-bond donors (Lipinski definition) is 0. The van der Waals surface area contributed by atoms with E-state index in [4.69, 9.17) is 14.2 Å². The molecule has 1 unspecified atom stereocenters. The third-order valence-electron chi connectivity index (χ3n) is 2.11. The van der Waals surface area contributed by atoms with Crippen molar-refractivity contribution in [2.75, 3.05) is 13.2 Å². The van der Waals surface area contributed by atoms with E-state index < -0.39 is 5.79 Å². The Labute approximate surface area is 83.6 Å². The van der Waals surface area contributed by atoms with E-state index in [0.717, 1.165) is 11.5 Å². The lowest BCUT2D eigenvalue weighted by molar-refractivity contribution is -0.196. The van der Waals surface area contributed by atoms with Gasteiger partial charge in [0.05, 0.1) is 0 Å². The van der Waals surface area contributed by atoms with Crippen LogP contribution in [0.3, 0.4) is 0 Å². The summed E-state index contributed by atoms with van der Waals surface area (Å²) in [7, 11) is 0. The van der Waals surface area contributed by atoms with Gasteiger partial charge in [-0.3, -0.25) is 0 Å². The Morgan fingerprint density at radius 3 is 2.79 bits per heavy atom. The lowest BCUT2D eigenvalue weighted by atomic mass is 10.2. The van der Waals surface area contributed by atoms with Gasteiger partial charge in [0.2, 0.25) is 5.79 Å². The quantitative estimate of drug-likeness (QED) is 0.722. The molecule has 1 aliphatic heterocycles. The van der Waals surface area contributed by atoms with E-state index in [-0.39, 0.29) is 0 Å². The highest BCUT2D eigenvalue weighted by atomic mass is 16.7. The number of hydrogen-bond acceptors (Lipinski definition) is 3. The van der Waals surface area contributed by atoms with E-state index >= 15 is 0 Å². The van der Waals surface area contributed by atoms with Crippen LogP contribution in [-0.4, -0.2) is 19.0 Å². The molecule has 0 saturated carbocycles. The average molecular weight is 194 g/mol. The van der Waals surface area contributed by atoms with Gasteiger partial charge in [0.1, 0.15) is 0 Å². The number of fused-ring (bicyclic) bond motifs is 1. The van der Waals surface area contributed by atoms with Gasteiger partial charge in [-0.25, -0.2) is 0 Å². The van der Waals surface area contributed by atoms with E-state index in [2.05, 4.69) is 0 Å². The molecule has 0 aliphatic carbocycles. The van der Waals surface area contributed by atoms with Crippen LogP contribution in [0.5, 0.6) is 11.5 Å². The predicted molar refractivity (Wildman–Crippen MR) is 52.6 cm³/mol. The molecule has 2 rings (SSSR count). The largest absolute Gasteiger partial charge is 0.483 e. The first-order valence-electron chi connectivity index (χ1n) is 4.78. The zero-order chi connectivity index (χ0) is 10.0. The normalized spacial score (nSPS) is 24.7. The molecule has 0 amide bonds. The third-order valence-corrected chi connectivity index (χ3v) is 2.11. The van der Waals surface area contributed by atoms with Gasteiger partial charge in [0.25, 0.3) is 0 Å². The molecule has 0 saturated heterocycles. The molecule has 3 heteroatoms. The number of ether oxygens (including phenoxy) is 3. The fourth-order valence-electron chi connectivity index (χ4n) is 1.50. The summed E-state index contributed by atoms with van der Waals surface area (Å²) in [6.45, 7) is 4.86. The van der Waals surface area contributed by atoms with Crippen LogP contribution in [0, 0.1) is 0 Å². The second kappa shape index (κ2) is 3.50. The molecule has 1 aromatic rings. The van der Waals surface area contributed by atoms with E-state index in [1.54, 1.807) is 0 Å². The summed E-state index contributed by atoms with van der Waals surface area (Å²) in [5.41, 5.74) is 0. The topological polar surface area (TPSA) is 27.7 Å². The first-order chi connectivity index (χ1) is 6.73. The predicted octanol–water partition coefficient (Wildman–Crippen LogP) is 2.21. The average Bonchev–Trinajstić information content (AvgIpc) is 2.17. The third kappa shape index (κ3) is 1.68. The summed E-state index contributed by atoms with van der Waals surface area (Å²) in [6.07, 6.45) is 0. The molecule has 1 heterocycles. The zero-order valence-electron chi connectivity index (χ0n) is 8.45. The maximum atomic E-state index is 5.71. The van der Waals surface area contributed by atoms with Crippen molar-refractivity contribution in [1.29, 1.82) is 0 Å². The fourth-order valence-corrected chi connectivity index (χ4v) is 1.50. The van der Waals surface area contributed by atoms with Gasteiger partial charge in [-0.2, -0.15) is 0 Å². The van der Waals surface area contributed by atoms with Gasteiger partial charge in [-0.05, 0) is 19.1 Å². The highest BCUT2D eigenvalue weighted by molar-refractivity contribution is 5.40. The number of rotatable bonds is 2. The second-order valence-corrected chi connectivity index (χ2v) is 3.40. The number of para-hydroxylation sites is 2. The van der Waals surface area contributed by atoms with E-state index in [1.807, 2.05) is 38.1 Å². The molecule has 0 radical (unpaired) electrons. The van der Waals surface area contributed by atoms with Gasteiger partial charge in [0.15, 0.2) is 18.1 Å². The second-order valence-electron chi connectivity index (χ2n) is 3.40. The van der Waals surface area contributed by atoms with Gasteiger partial charge >= 0.3 is 0 Å². The molecule has 1 aromatic carbocycles. The molecule has 0 aromatic heterocycles. The molecule has 1 atom stereocenters.